The van der Waals surface area contributed by atoms with Gasteiger partial charge in [-0.1, -0.05) is 6.07 Å². The second kappa shape index (κ2) is 7.06. The molecular weight excluding hydrogens is 278 g/mol. The van der Waals surface area contributed by atoms with Crippen molar-refractivity contribution in [2.75, 3.05) is 13.2 Å². The van der Waals surface area contributed by atoms with Crippen LogP contribution in [0.5, 0.6) is 11.5 Å². The van der Waals surface area contributed by atoms with Crippen LogP contribution in [0.2, 0.25) is 0 Å². The van der Waals surface area contributed by atoms with Crippen molar-refractivity contribution < 1.29 is 14.9 Å². The molecule has 0 bridgehead atoms. The smallest absolute Gasteiger partial charge is 0.187 e. The number of nitrogens with one attached hydrogen (secondary N) is 2. The molecule has 7 heteroatoms. The van der Waals surface area contributed by atoms with Crippen molar-refractivity contribution in [2.24, 2.45) is 5.10 Å². The average molecular weight is 295 g/mol. The summed E-state index contributed by atoms with van der Waals surface area (Å²) in [6.07, 6.45) is 3.71. The second-order valence-corrected chi connectivity index (χ2v) is 4.84. The molecule has 1 saturated heterocycles. The van der Waals surface area contributed by atoms with Crippen molar-refractivity contribution in [1.29, 1.82) is 0 Å². The van der Waals surface area contributed by atoms with Crippen molar-refractivity contribution in [3.63, 3.8) is 0 Å². The number of nitrogens with zero attached hydrogens (tertiary/aromatic N) is 1. The van der Waals surface area contributed by atoms with Crippen LogP contribution in [0.4, 0.5) is 0 Å². The lowest BCUT2D eigenvalue weighted by molar-refractivity contribution is 0.114. The van der Waals surface area contributed by atoms with E-state index < -0.39 is 0 Å². The van der Waals surface area contributed by atoms with Gasteiger partial charge in [0.2, 0.25) is 0 Å². The van der Waals surface area contributed by atoms with Gasteiger partial charge < -0.3 is 20.3 Å². The summed E-state index contributed by atoms with van der Waals surface area (Å²) in [7, 11) is 0. The molecule has 0 radical (unpaired) electrons. The lowest BCUT2D eigenvalue weighted by atomic mass is 10.2. The lowest BCUT2D eigenvalue weighted by Crippen LogP contribution is -2.37. The fourth-order valence-corrected chi connectivity index (χ4v) is 2.00. The Hall–Kier alpha value is -1.86. The Morgan fingerprint density at radius 3 is 3.10 bits per heavy atom. The number of benzene rings is 1. The van der Waals surface area contributed by atoms with E-state index in [2.05, 4.69) is 15.8 Å². The fraction of sp³-hybridized carbons (Fsp3) is 0.385. The predicted octanol–water partition coefficient (Wildman–Crippen LogP) is 1.07. The molecule has 6 nitrogen and oxygen atoms in total. The quantitative estimate of drug-likeness (QED) is 0.288. The van der Waals surface area contributed by atoms with Gasteiger partial charge in [-0.3, -0.25) is 5.43 Å². The predicted molar refractivity (Wildman–Crippen MR) is 80.1 cm³/mol. The van der Waals surface area contributed by atoms with Gasteiger partial charge in [0.15, 0.2) is 16.6 Å². The van der Waals surface area contributed by atoms with Crippen LogP contribution in [-0.2, 0) is 4.74 Å². The Morgan fingerprint density at radius 1 is 1.50 bits per heavy atom. The zero-order chi connectivity index (χ0) is 14.4. The third kappa shape index (κ3) is 4.07. The average Bonchev–Trinajstić information content (AvgIpc) is 2.94. The molecule has 108 valence electrons. The van der Waals surface area contributed by atoms with E-state index in [0.29, 0.717) is 17.2 Å². The van der Waals surface area contributed by atoms with Crippen LogP contribution in [0, 0.1) is 0 Å². The van der Waals surface area contributed by atoms with Crippen LogP contribution in [0.1, 0.15) is 18.4 Å². The molecule has 2 rings (SSSR count). The molecule has 4 N–H and O–H groups in total. The first-order valence-electron chi connectivity index (χ1n) is 6.36. The number of ether oxygens (including phenoxy) is 1. The number of aromatic hydroxyl groups is 2. The summed E-state index contributed by atoms with van der Waals surface area (Å²) in [6, 6.07) is 4.64. The number of phenols is 2. The molecule has 1 fully saturated rings. The highest BCUT2D eigenvalue weighted by Crippen LogP contribution is 2.26. The summed E-state index contributed by atoms with van der Waals surface area (Å²) in [5.74, 6) is -0.399. The number of hydrogen-bond acceptors (Lipinski definition) is 5. The minimum absolute atomic E-state index is 0.187. The number of hydrazone groups is 1. The second-order valence-electron chi connectivity index (χ2n) is 4.43. The number of rotatable bonds is 4. The molecule has 0 spiro atoms. The number of phenolic OH excluding ortho intramolecular Hbond substituents is 2. The highest BCUT2D eigenvalue weighted by atomic mass is 32.1. The zero-order valence-corrected chi connectivity index (χ0v) is 11.7. The van der Waals surface area contributed by atoms with Crippen LogP contribution >= 0.6 is 12.2 Å². The highest BCUT2D eigenvalue weighted by molar-refractivity contribution is 7.80. The molecule has 1 atom stereocenters. The number of hydrogen-bond donors (Lipinski definition) is 4. The van der Waals surface area contributed by atoms with Gasteiger partial charge in [0.1, 0.15) is 0 Å². The topological polar surface area (TPSA) is 86.1 Å². The molecule has 0 aliphatic carbocycles. The maximum Gasteiger partial charge on any atom is 0.187 e. The summed E-state index contributed by atoms with van der Waals surface area (Å²) in [5, 5.41) is 26.2. The first kappa shape index (κ1) is 14.5. The van der Waals surface area contributed by atoms with Gasteiger partial charge in [-0.2, -0.15) is 5.10 Å². The van der Waals surface area contributed by atoms with E-state index in [-0.39, 0.29) is 17.6 Å². The number of para-hydroxylation sites is 1. The van der Waals surface area contributed by atoms with Crippen molar-refractivity contribution in [1.82, 2.24) is 10.7 Å². The Morgan fingerprint density at radius 2 is 2.35 bits per heavy atom. The van der Waals surface area contributed by atoms with Gasteiger partial charge in [0.05, 0.1) is 12.3 Å². The highest BCUT2D eigenvalue weighted by Gasteiger charge is 2.14. The lowest BCUT2D eigenvalue weighted by Gasteiger charge is -2.11. The van der Waals surface area contributed by atoms with Crippen molar-refractivity contribution >= 4 is 23.5 Å². The van der Waals surface area contributed by atoms with Crippen molar-refractivity contribution in [2.45, 2.75) is 18.9 Å². The van der Waals surface area contributed by atoms with E-state index in [9.17, 15) is 10.2 Å². The third-order valence-corrected chi connectivity index (χ3v) is 3.17. The van der Waals surface area contributed by atoms with E-state index in [1.54, 1.807) is 12.1 Å². The van der Waals surface area contributed by atoms with Crippen LogP contribution in [0.3, 0.4) is 0 Å². The standard InChI is InChI=1S/C13H17N3O3S/c17-11-5-1-3-9(12(11)18)7-15-16-13(20)14-8-10-4-2-6-19-10/h1,3,5,7,10,17-18H,2,4,6,8H2,(H2,14,16,20)/b15-7+. The Balaban J connectivity index is 1.77. The first-order chi connectivity index (χ1) is 9.66. The Bertz CT molecular complexity index is 502. The first-order valence-corrected chi connectivity index (χ1v) is 6.77. The molecule has 0 amide bonds. The normalized spacial score (nSPS) is 18.3. The molecule has 20 heavy (non-hydrogen) atoms. The van der Waals surface area contributed by atoms with Gasteiger partial charge in [-0.25, -0.2) is 0 Å². The summed E-state index contributed by atoms with van der Waals surface area (Å²) >= 11 is 5.06. The molecular formula is C13H17N3O3S. The van der Waals surface area contributed by atoms with Gasteiger partial charge in [-0.05, 0) is 37.2 Å². The van der Waals surface area contributed by atoms with Crippen LogP contribution in [0.25, 0.3) is 0 Å². The van der Waals surface area contributed by atoms with E-state index in [0.717, 1.165) is 19.4 Å². The Labute approximate surface area is 122 Å². The van der Waals surface area contributed by atoms with E-state index >= 15 is 0 Å². The maximum absolute atomic E-state index is 9.58. The minimum atomic E-state index is -0.212. The van der Waals surface area contributed by atoms with Crippen molar-refractivity contribution in [3.05, 3.63) is 23.8 Å². The molecule has 1 aromatic carbocycles. The minimum Gasteiger partial charge on any atom is -0.504 e. The molecule has 1 aromatic rings. The largest absolute Gasteiger partial charge is 0.504 e. The summed E-state index contributed by atoms with van der Waals surface area (Å²) < 4.78 is 5.46. The van der Waals surface area contributed by atoms with Crippen LogP contribution in [0.15, 0.2) is 23.3 Å². The summed E-state index contributed by atoms with van der Waals surface area (Å²) in [6.45, 7) is 1.46. The summed E-state index contributed by atoms with van der Waals surface area (Å²) in [4.78, 5) is 0. The van der Waals surface area contributed by atoms with Crippen LogP contribution < -0.4 is 10.7 Å². The monoisotopic (exact) mass is 295 g/mol. The number of thiocarbonyl (C=S) groups is 1. The molecule has 1 unspecified atom stereocenters. The molecule has 1 heterocycles. The van der Waals surface area contributed by atoms with Crippen molar-refractivity contribution in [3.8, 4) is 11.5 Å². The Kier molecular flexibility index (Phi) is 5.14. The van der Waals surface area contributed by atoms with Gasteiger partial charge in [-0.15, -0.1) is 0 Å². The molecule has 0 aromatic heterocycles. The van der Waals surface area contributed by atoms with E-state index in [1.165, 1.54) is 12.3 Å². The SMILES string of the molecule is Oc1cccc(/C=N/NC(=S)NCC2CCCO2)c1O. The van der Waals surface area contributed by atoms with E-state index in [4.69, 9.17) is 17.0 Å². The van der Waals surface area contributed by atoms with Gasteiger partial charge in [0, 0.05) is 18.7 Å². The van der Waals surface area contributed by atoms with Crippen LogP contribution in [-0.4, -0.2) is 40.8 Å². The molecule has 1 aliphatic rings. The molecule has 1 aliphatic heterocycles. The van der Waals surface area contributed by atoms with Gasteiger partial charge in [0.25, 0.3) is 0 Å². The third-order valence-electron chi connectivity index (χ3n) is 2.93. The maximum atomic E-state index is 9.58. The van der Waals surface area contributed by atoms with Gasteiger partial charge >= 0.3 is 0 Å². The van der Waals surface area contributed by atoms with E-state index in [1.807, 2.05) is 0 Å². The summed E-state index contributed by atoms with van der Waals surface area (Å²) in [5.41, 5.74) is 3.05. The molecule has 0 saturated carbocycles. The fourth-order valence-electron chi connectivity index (χ4n) is 1.86. The zero-order valence-electron chi connectivity index (χ0n) is 10.9.